The fourth-order valence-electron chi connectivity index (χ4n) is 11.4. The van der Waals surface area contributed by atoms with Gasteiger partial charge in [0.25, 0.3) is 0 Å². The molecule has 0 fully saturated rings. The first kappa shape index (κ1) is 36.7. The van der Waals surface area contributed by atoms with E-state index in [1.807, 2.05) is 0 Å². The molecule has 2 nitrogen and oxygen atoms in total. The lowest BCUT2D eigenvalue weighted by atomic mass is 9.69. The second-order valence-corrected chi connectivity index (χ2v) is 18.2. The first-order chi connectivity index (χ1) is 30.3. The van der Waals surface area contributed by atoms with E-state index >= 15 is 0 Å². The molecule has 12 rings (SSSR count). The van der Waals surface area contributed by atoms with E-state index in [1.165, 1.54) is 72.3 Å². The number of fused-ring (bicyclic) bond motifs is 13. The molecule has 1 aromatic heterocycles. The summed E-state index contributed by atoms with van der Waals surface area (Å²) >= 11 is 0. The quantitative estimate of drug-likeness (QED) is 0.167. The molecular weight excluding hydrogens is 751 g/mol. The lowest BCUT2D eigenvalue weighted by molar-refractivity contribution is 0.660. The van der Waals surface area contributed by atoms with E-state index < -0.39 is 5.41 Å². The monoisotopic (exact) mass is 797 g/mol. The molecule has 62 heavy (non-hydrogen) atoms. The van der Waals surface area contributed by atoms with Crippen molar-refractivity contribution in [1.29, 1.82) is 0 Å². The van der Waals surface area contributed by atoms with Crippen LogP contribution in [0.1, 0.15) is 68.0 Å². The van der Waals surface area contributed by atoms with Crippen LogP contribution >= 0.6 is 0 Å². The Kier molecular flexibility index (Phi) is 7.94. The molecule has 0 saturated heterocycles. The van der Waals surface area contributed by atoms with E-state index in [-0.39, 0.29) is 5.41 Å². The highest BCUT2D eigenvalue weighted by Crippen LogP contribution is 2.64. The van der Waals surface area contributed by atoms with Gasteiger partial charge in [0.05, 0.1) is 22.2 Å². The van der Waals surface area contributed by atoms with E-state index in [2.05, 4.69) is 228 Å². The molecule has 298 valence electrons. The smallest absolute Gasteiger partial charge is 0.137 e. The Labute approximate surface area is 364 Å². The second kappa shape index (κ2) is 13.4. The summed E-state index contributed by atoms with van der Waals surface area (Å²) in [5, 5.41) is 2.20. The lowest BCUT2D eigenvalue weighted by Gasteiger charge is -2.33. The van der Waals surface area contributed by atoms with Crippen LogP contribution in [0.2, 0.25) is 0 Å². The molecule has 9 aromatic rings. The molecule has 1 spiro atoms. The summed E-state index contributed by atoms with van der Waals surface area (Å²) < 4.78 is 6.82. The lowest BCUT2D eigenvalue weighted by Crippen LogP contribution is -2.27. The van der Waals surface area contributed by atoms with Crippen molar-refractivity contribution >= 4 is 44.6 Å². The van der Waals surface area contributed by atoms with Crippen LogP contribution in [0.4, 0.5) is 17.1 Å². The molecule has 0 aliphatic heterocycles. The van der Waals surface area contributed by atoms with Gasteiger partial charge in [-0.05, 0) is 128 Å². The Balaban J connectivity index is 1.16. The minimum absolute atomic E-state index is 0.168. The zero-order valence-corrected chi connectivity index (χ0v) is 35.8. The first-order valence-corrected chi connectivity index (χ1v) is 22.0. The second-order valence-electron chi connectivity index (χ2n) is 18.2. The third-order valence-electron chi connectivity index (χ3n) is 14.1. The third kappa shape index (κ3) is 4.98. The first-order valence-electron chi connectivity index (χ1n) is 22.0. The van der Waals surface area contributed by atoms with E-state index in [4.69, 9.17) is 4.42 Å². The largest absolute Gasteiger partial charge is 0.456 e. The Bertz CT molecular complexity index is 3370. The van der Waals surface area contributed by atoms with Gasteiger partial charge in [0.2, 0.25) is 0 Å². The number of hydrogen-bond donors (Lipinski definition) is 0. The van der Waals surface area contributed by atoms with Crippen LogP contribution in [-0.2, 0) is 10.8 Å². The van der Waals surface area contributed by atoms with Crippen molar-refractivity contribution in [3.63, 3.8) is 0 Å². The zero-order valence-electron chi connectivity index (χ0n) is 35.8. The van der Waals surface area contributed by atoms with Gasteiger partial charge in [0, 0.05) is 22.1 Å². The molecule has 1 atom stereocenters. The molecular formula is C60H47NO. The van der Waals surface area contributed by atoms with E-state index in [0.717, 1.165) is 44.6 Å². The number of benzene rings is 8. The van der Waals surface area contributed by atoms with Crippen LogP contribution in [0.25, 0.3) is 60.9 Å². The predicted molar refractivity (Wildman–Crippen MR) is 260 cm³/mol. The van der Waals surface area contributed by atoms with Crippen LogP contribution in [0, 0.1) is 5.92 Å². The standard InChI is InChI=1S/C60H47NO/c1-37(2)29-34-47-38(3)42-19-9-13-23-49(42)60(47)50-24-14-11-21-45(50)57-51(60)25-15-26-53(57)61(41-31-33-44-43-20-10-12-22-48(43)59(4,5)52(44)36-41)54-27-16-28-55-58(54)46-32-30-40(35-56(46)62-55)39-17-7-6-8-18-39/h6-37H,1-5H3/b34-29-. The molecule has 0 bridgehead atoms. The molecule has 1 heterocycles. The molecule has 0 radical (unpaired) electrons. The Morgan fingerprint density at radius 1 is 0.516 bits per heavy atom. The summed E-state index contributed by atoms with van der Waals surface area (Å²) in [6.45, 7) is 11.6. The summed E-state index contributed by atoms with van der Waals surface area (Å²) in [6, 6.07) is 65.2. The van der Waals surface area contributed by atoms with Crippen molar-refractivity contribution in [3.05, 3.63) is 227 Å². The maximum absolute atomic E-state index is 6.82. The van der Waals surface area contributed by atoms with Gasteiger partial charge in [-0.15, -0.1) is 0 Å². The molecule has 2 heteroatoms. The van der Waals surface area contributed by atoms with Crippen LogP contribution in [-0.4, -0.2) is 0 Å². The molecule has 0 saturated carbocycles. The summed E-state index contributed by atoms with van der Waals surface area (Å²) in [5.41, 5.74) is 22.7. The van der Waals surface area contributed by atoms with Gasteiger partial charge in [-0.25, -0.2) is 0 Å². The molecule has 8 aromatic carbocycles. The van der Waals surface area contributed by atoms with E-state index in [0.29, 0.717) is 5.92 Å². The number of hydrogen-bond acceptors (Lipinski definition) is 2. The van der Waals surface area contributed by atoms with Crippen LogP contribution < -0.4 is 4.90 Å². The van der Waals surface area contributed by atoms with Crippen LogP contribution in [0.15, 0.2) is 198 Å². The van der Waals surface area contributed by atoms with E-state index in [9.17, 15) is 0 Å². The van der Waals surface area contributed by atoms with Gasteiger partial charge in [0.1, 0.15) is 11.2 Å². The van der Waals surface area contributed by atoms with Gasteiger partial charge < -0.3 is 9.32 Å². The summed E-state index contributed by atoms with van der Waals surface area (Å²) in [6.07, 6.45) is 4.81. The Morgan fingerprint density at radius 3 is 1.95 bits per heavy atom. The van der Waals surface area contributed by atoms with Gasteiger partial charge in [-0.1, -0.05) is 173 Å². The van der Waals surface area contributed by atoms with Crippen molar-refractivity contribution in [3.8, 4) is 33.4 Å². The minimum Gasteiger partial charge on any atom is -0.456 e. The average molecular weight is 798 g/mol. The highest BCUT2D eigenvalue weighted by atomic mass is 16.3. The van der Waals surface area contributed by atoms with Gasteiger partial charge >= 0.3 is 0 Å². The van der Waals surface area contributed by atoms with Gasteiger partial charge in [-0.3, -0.25) is 0 Å². The van der Waals surface area contributed by atoms with Gasteiger partial charge in [-0.2, -0.15) is 0 Å². The summed E-state index contributed by atoms with van der Waals surface area (Å²) in [5.74, 6) is 0.415. The van der Waals surface area contributed by atoms with Crippen molar-refractivity contribution in [2.45, 2.75) is 45.4 Å². The highest BCUT2D eigenvalue weighted by Gasteiger charge is 2.52. The maximum atomic E-state index is 6.82. The number of furan rings is 1. The predicted octanol–water partition coefficient (Wildman–Crippen LogP) is 16.3. The number of anilines is 3. The summed E-state index contributed by atoms with van der Waals surface area (Å²) in [4.78, 5) is 2.54. The van der Waals surface area contributed by atoms with Gasteiger partial charge in [0.15, 0.2) is 0 Å². The third-order valence-corrected chi connectivity index (χ3v) is 14.1. The van der Waals surface area contributed by atoms with E-state index in [1.54, 1.807) is 0 Å². The number of nitrogens with zero attached hydrogens (tertiary/aromatic N) is 1. The normalized spacial score (nSPS) is 16.7. The maximum Gasteiger partial charge on any atom is 0.137 e. The molecule has 1 unspecified atom stereocenters. The van der Waals surface area contributed by atoms with Crippen LogP contribution in [0.3, 0.4) is 0 Å². The van der Waals surface area contributed by atoms with Crippen molar-refractivity contribution in [2.24, 2.45) is 5.92 Å². The number of allylic oxidation sites excluding steroid dienone is 4. The molecule has 3 aliphatic carbocycles. The highest BCUT2D eigenvalue weighted by molar-refractivity contribution is 6.15. The fourth-order valence-corrected chi connectivity index (χ4v) is 11.4. The topological polar surface area (TPSA) is 16.4 Å². The number of rotatable bonds is 6. The SMILES string of the molecule is CC1=C(/C=C\C(C)C)C2(c3ccccc31)c1ccccc1-c1c(N(c3ccc4c(c3)C(C)(C)c3ccccc3-4)c3cccc4oc5cc(-c6ccccc6)ccc5c34)cccc12. The fraction of sp³-hybridized carbons (Fsp3) is 0.133. The molecule has 0 N–H and O–H groups in total. The zero-order chi connectivity index (χ0) is 41.9. The molecule has 3 aliphatic rings. The molecule has 0 amide bonds. The Hall–Kier alpha value is -7.16. The average Bonchev–Trinajstić information content (AvgIpc) is 3.98. The van der Waals surface area contributed by atoms with Crippen LogP contribution in [0.5, 0.6) is 0 Å². The van der Waals surface area contributed by atoms with Crippen molar-refractivity contribution in [2.75, 3.05) is 4.90 Å². The van der Waals surface area contributed by atoms with Crippen molar-refractivity contribution in [1.82, 2.24) is 0 Å². The van der Waals surface area contributed by atoms with Crippen molar-refractivity contribution < 1.29 is 4.42 Å². The summed E-state index contributed by atoms with van der Waals surface area (Å²) in [7, 11) is 0. The minimum atomic E-state index is -0.469. The Morgan fingerprint density at radius 2 is 1.16 bits per heavy atom.